The van der Waals surface area contributed by atoms with E-state index in [-0.39, 0.29) is 0 Å². The number of nitrogens with one attached hydrogen (secondary N) is 2. The summed E-state index contributed by atoms with van der Waals surface area (Å²) in [4.78, 5) is 8.34. The third-order valence-corrected chi connectivity index (χ3v) is 1.89. The van der Waals surface area contributed by atoms with Gasteiger partial charge in [0.05, 0.1) is 19.4 Å². The zero-order chi connectivity index (χ0) is 11.6. The van der Waals surface area contributed by atoms with E-state index in [9.17, 15) is 0 Å². The van der Waals surface area contributed by atoms with Crippen LogP contribution in [-0.2, 0) is 6.54 Å². The van der Waals surface area contributed by atoms with E-state index in [1.54, 1.807) is 12.5 Å². The molecule has 16 heavy (non-hydrogen) atoms. The van der Waals surface area contributed by atoms with E-state index in [1.807, 2.05) is 17.7 Å². The van der Waals surface area contributed by atoms with Crippen LogP contribution in [0, 0.1) is 12.3 Å². The molecule has 0 aromatic carbocycles. The Labute approximate surface area is 96.0 Å². The summed E-state index contributed by atoms with van der Waals surface area (Å²) in [7, 11) is 0. The van der Waals surface area contributed by atoms with E-state index in [0.717, 1.165) is 19.0 Å². The van der Waals surface area contributed by atoms with Gasteiger partial charge in [-0.1, -0.05) is 5.92 Å². The second kappa shape index (κ2) is 7.35. The first kappa shape index (κ1) is 12.1. The first-order valence-electron chi connectivity index (χ1n) is 5.28. The molecule has 0 amide bonds. The minimum atomic E-state index is 0.483. The van der Waals surface area contributed by atoms with Crippen molar-refractivity contribution in [3.8, 4) is 12.3 Å². The number of rotatable bonds is 5. The van der Waals surface area contributed by atoms with Gasteiger partial charge < -0.3 is 15.2 Å². The molecule has 0 bridgehead atoms. The fourth-order valence-corrected chi connectivity index (χ4v) is 1.17. The van der Waals surface area contributed by atoms with Gasteiger partial charge in [-0.15, -0.1) is 6.42 Å². The highest BCUT2D eigenvalue weighted by Gasteiger charge is 1.94. The van der Waals surface area contributed by atoms with E-state index in [0.29, 0.717) is 13.1 Å². The summed E-state index contributed by atoms with van der Waals surface area (Å²) in [5, 5.41) is 6.14. The van der Waals surface area contributed by atoms with E-state index in [2.05, 4.69) is 26.5 Å². The minimum Gasteiger partial charge on any atom is -0.357 e. The van der Waals surface area contributed by atoms with E-state index < -0.39 is 0 Å². The van der Waals surface area contributed by atoms with Gasteiger partial charge in [0.25, 0.3) is 0 Å². The summed E-state index contributed by atoms with van der Waals surface area (Å²) in [6, 6.07) is 0. The fourth-order valence-electron chi connectivity index (χ4n) is 1.17. The van der Waals surface area contributed by atoms with Crippen molar-refractivity contribution in [3.05, 3.63) is 18.7 Å². The Balaban J connectivity index is 2.35. The molecule has 0 aliphatic carbocycles. The van der Waals surface area contributed by atoms with Crippen LogP contribution < -0.4 is 10.6 Å². The number of hydrogen-bond acceptors (Lipinski definition) is 2. The Morgan fingerprint density at radius 2 is 2.44 bits per heavy atom. The minimum absolute atomic E-state index is 0.483. The van der Waals surface area contributed by atoms with Gasteiger partial charge in [0, 0.05) is 25.5 Å². The Kier molecular flexibility index (Phi) is 5.56. The second-order valence-electron chi connectivity index (χ2n) is 3.12. The molecule has 1 rings (SSSR count). The fraction of sp³-hybridized carbons (Fsp3) is 0.455. The van der Waals surface area contributed by atoms with Gasteiger partial charge in [-0.25, -0.2) is 4.98 Å². The van der Waals surface area contributed by atoms with Gasteiger partial charge in [0.15, 0.2) is 5.96 Å². The van der Waals surface area contributed by atoms with Crippen LogP contribution >= 0.6 is 0 Å². The molecule has 0 saturated heterocycles. The zero-order valence-corrected chi connectivity index (χ0v) is 9.48. The van der Waals surface area contributed by atoms with Crippen molar-refractivity contribution in [1.29, 1.82) is 0 Å². The van der Waals surface area contributed by atoms with E-state index in [4.69, 9.17) is 6.42 Å². The van der Waals surface area contributed by atoms with Crippen LogP contribution in [0.2, 0.25) is 0 Å². The first-order valence-corrected chi connectivity index (χ1v) is 5.28. The monoisotopic (exact) mass is 219 g/mol. The number of guanidine groups is 1. The molecule has 0 saturated carbocycles. The van der Waals surface area contributed by atoms with Crippen LogP contribution in [0.25, 0.3) is 0 Å². The van der Waals surface area contributed by atoms with Crippen molar-refractivity contribution < 1.29 is 0 Å². The lowest BCUT2D eigenvalue weighted by atomic mass is 10.6. The maximum atomic E-state index is 5.17. The normalized spacial score (nSPS) is 10.9. The summed E-state index contributed by atoms with van der Waals surface area (Å²) in [6.45, 7) is 4.82. The van der Waals surface area contributed by atoms with Crippen LogP contribution in [0.3, 0.4) is 0 Å². The molecule has 0 aliphatic rings. The van der Waals surface area contributed by atoms with Gasteiger partial charge >= 0.3 is 0 Å². The standard InChI is InChI=1S/C11H17N5/c1-3-5-14-11(13-4-2)15-7-9-16-8-6-12-10-16/h1,6,8,10H,4-5,7,9H2,2H3,(H2,13,14,15). The van der Waals surface area contributed by atoms with Crippen LogP contribution in [-0.4, -0.2) is 35.1 Å². The molecule has 2 N–H and O–H groups in total. The molecule has 0 atom stereocenters. The van der Waals surface area contributed by atoms with Crippen molar-refractivity contribution in [2.45, 2.75) is 13.5 Å². The second-order valence-corrected chi connectivity index (χ2v) is 3.12. The van der Waals surface area contributed by atoms with Gasteiger partial charge in [-0.05, 0) is 6.92 Å². The largest absolute Gasteiger partial charge is 0.357 e. The van der Waals surface area contributed by atoms with Gasteiger partial charge in [0.2, 0.25) is 0 Å². The third kappa shape index (κ3) is 4.51. The third-order valence-electron chi connectivity index (χ3n) is 1.89. The molecule has 5 nitrogen and oxygen atoms in total. The van der Waals surface area contributed by atoms with Gasteiger partial charge in [0.1, 0.15) is 0 Å². The van der Waals surface area contributed by atoms with Crippen LogP contribution in [0.15, 0.2) is 23.7 Å². The molecular formula is C11H17N5. The predicted molar refractivity (Wildman–Crippen MR) is 65.0 cm³/mol. The number of imidazole rings is 1. The Bertz CT molecular complexity index is 347. The molecule has 0 aliphatic heterocycles. The molecule has 86 valence electrons. The molecule has 1 heterocycles. The number of aromatic nitrogens is 2. The molecule has 0 fully saturated rings. The summed E-state index contributed by atoms with van der Waals surface area (Å²) in [5.74, 6) is 3.26. The van der Waals surface area contributed by atoms with Crippen molar-refractivity contribution in [2.75, 3.05) is 19.6 Å². The summed E-state index contributed by atoms with van der Waals surface area (Å²) < 4.78 is 1.98. The molecule has 0 spiro atoms. The predicted octanol–water partition coefficient (Wildman–Crippen LogP) is 0.0714. The lowest BCUT2D eigenvalue weighted by Gasteiger charge is -2.08. The van der Waals surface area contributed by atoms with E-state index >= 15 is 0 Å². The quantitative estimate of drug-likeness (QED) is 0.419. The number of terminal acetylenes is 1. The highest BCUT2D eigenvalue weighted by Crippen LogP contribution is 1.86. The molecule has 0 unspecified atom stereocenters. The maximum Gasteiger partial charge on any atom is 0.192 e. The number of nitrogens with zero attached hydrogens (tertiary/aromatic N) is 3. The average molecular weight is 219 g/mol. The van der Waals surface area contributed by atoms with Crippen molar-refractivity contribution >= 4 is 5.96 Å². The number of aliphatic imine (C=N–C) groups is 1. The first-order chi connectivity index (χ1) is 7.86. The van der Waals surface area contributed by atoms with E-state index in [1.165, 1.54) is 0 Å². The van der Waals surface area contributed by atoms with Gasteiger partial charge in [-0.3, -0.25) is 4.99 Å². The molecule has 0 radical (unpaired) electrons. The van der Waals surface area contributed by atoms with Crippen LogP contribution in [0.1, 0.15) is 6.92 Å². The SMILES string of the molecule is C#CCNC(=NCCn1ccnc1)NCC. The Morgan fingerprint density at radius 1 is 1.56 bits per heavy atom. The Hall–Kier alpha value is -1.96. The zero-order valence-electron chi connectivity index (χ0n) is 9.48. The molecule has 5 heteroatoms. The number of hydrogen-bond donors (Lipinski definition) is 2. The Morgan fingerprint density at radius 3 is 3.06 bits per heavy atom. The molecule has 1 aromatic rings. The topological polar surface area (TPSA) is 54.2 Å². The van der Waals surface area contributed by atoms with Crippen molar-refractivity contribution in [2.24, 2.45) is 4.99 Å². The smallest absolute Gasteiger partial charge is 0.192 e. The average Bonchev–Trinajstić information content (AvgIpc) is 2.79. The lowest BCUT2D eigenvalue weighted by Crippen LogP contribution is -2.37. The summed E-state index contributed by atoms with van der Waals surface area (Å²) in [5.41, 5.74) is 0. The maximum absolute atomic E-state index is 5.17. The van der Waals surface area contributed by atoms with Crippen molar-refractivity contribution in [1.82, 2.24) is 20.2 Å². The van der Waals surface area contributed by atoms with Crippen LogP contribution in [0.4, 0.5) is 0 Å². The van der Waals surface area contributed by atoms with Crippen LogP contribution in [0.5, 0.6) is 0 Å². The molecule has 1 aromatic heterocycles. The van der Waals surface area contributed by atoms with Crippen molar-refractivity contribution in [3.63, 3.8) is 0 Å². The van der Waals surface area contributed by atoms with Gasteiger partial charge in [-0.2, -0.15) is 0 Å². The highest BCUT2D eigenvalue weighted by molar-refractivity contribution is 5.79. The molecular weight excluding hydrogens is 202 g/mol. The summed E-state index contributed by atoms with van der Waals surface area (Å²) in [6.07, 6.45) is 10.6. The lowest BCUT2D eigenvalue weighted by molar-refractivity contribution is 0.701. The highest BCUT2D eigenvalue weighted by atomic mass is 15.2. The summed E-state index contributed by atoms with van der Waals surface area (Å²) >= 11 is 0.